The predicted molar refractivity (Wildman–Crippen MR) is 128 cm³/mol. The van der Waals surface area contributed by atoms with E-state index in [4.69, 9.17) is 9.47 Å². The van der Waals surface area contributed by atoms with E-state index in [1.54, 1.807) is 4.90 Å². The minimum atomic E-state index is -1.25. The van der Waals surface area contributed by atoms with Crippen LogP contribution in [-0.2, 0) is 19.1 Å². The predicted octanol–water partition coefficient (Wildman–Crippen LogP) is 3.40. The number of carbonyl (C=O) groups is 3. The minimum absolute atomic E-state index is 0.0404. The Morgan fingerprint density at radius 3 is 2.29 bits per heavy atom. The monoisotopic (exact) mass is 478 g/mol. The van der Waals surface area contributed by atoms with Gasteiger partial charge < -0.3 is 24.8 Å². The van der Waals surface area contributed by atoms with Gasteiger partial charge in [-0.05, 0) is 35.1 Å². The van der Waals surface area contributed by atoms with Crippen LogP contribution in [-0.4, -0.2) is 66.4 Å². The summed E-state index contributed by atoms with van der Waals surface area (Å²) in [7, 11) is 0. The number of alkyl carbamates (subject to hydrolysis) is 1. The molecule has 0 saturated carbocycles. The van der Waals surface area contributed by atoms with Crippen LogP contribution in [0.2, 0.25) is 0 Å². The minimum Gasteiger partial charge on any atom is -0.481 e. The number of carboxylic acids is 1. The van der Waals surface area contributed by atoms with Crippen molar-refractivity contribution in [2.24, 2.45) is 5.41 Å². The van der Waals surface area contributed by atoms with Gasteiger partial charge in [-0.3, -0.25) is 9.59 Å². The van der Waals surface area contributed by atoms with Crippen molar-refractivity contribution in [2.45, 2.75) is 37.6 Å². The highest BCUT2D eigenvalue weighted by molar-refractivity contribution is 5.91. The fraction of sp³-hybridized carbons (Fsp3) is 0.444. The van der Waals surface area contributed by atoms with Crippen molar-refractivity contribution in [3.05, 3.63) is 59.7 Å². The molecule has 0 aromatic heterocycles. The van der Waals surface area contributed by atoms with Crippen LogP contribution in [0.4, 0.5) is 4.79 Å². The molecule has 5 rings (SSSR count). The number of likely N-dealkylation sites (tertiary alicyclic amines) is 1. The normalized spacial score (nSPS) is 25.2. The van der Waals surface area contributed by atoms with Gasteiger partial charge >= 0.3 is 12.1 Å². The summed E-state index contributed by atoms with van der Waals surface area (Å²) in [6, 6.07) is 16.2. The molecular weight excluding hydrogens is 448 g/mol. The van der Waals surface area contributed by atoms with Crippen LogP contribution in [0.1, 0.15) is 43.2 Å². The lowest BCUT2D eigenvalue weighted by Crippen LogP contribution is -2.60. The van der Waals surface area contributed by atoms with Gasteiger partial charge in [0.15, 0.2) is 0 Å². The number of hydrogen-bond donors (Lipinski definition) is 2. The molecule has 3 aliphatic rings. The smallest absolute Gasteiger partial charge is 0.408 e. The molecular formula is C27H30N2O6. The van der Waals surface area contributed by atoms with Gasteiger partial charge in [-0.25, -0.2) is 4.79 Å². The maximum Gasteiger partial charge on any atom is 0.408 e. The highest BCUT2D eigenvalue weighted by Crippen LogP contribution is 2.44. The Bertz CT molecular complexity index is 1110. The lowest BCUT2D eigenvalue weighted by atomic mass is 9.84. The number of ether oxygens (including phenoxy) is 2. The molecule has 8 heteroatoms. The van der Waals surface area contributed by atoms with Crippen LogP contribution in [0.3, 0.4) is 0 Å². The van der Waals surface area contributed by atoms with E-state index < -0.39 is 23.0 Å². The molecule has 2 unspecified atom stereocenters. The van der Waals surface area contributed by atoms with Crippen LogP contribution < -0.4 is 5.32 Å². The molecule has 0 radical (unpaired) electrons. The Morgan fingerprint density at radius 1 is 1.09 bits per heavy atom. The molecule has 184 valence electrons. The van der Waals surface area contributed by atoms with Gasteiger partial charge in [0.25, 0.3) is 5.91 Å². The van der Waals surface area contributed by atoms with E-state index in [0.717, 1.165) is 22.3 Å². The van der Waals surface area contributed by atoms with E-state index in [9.17, 15) is 19.5 Å². The van der Waals surface area contributed by atoms with Crippen molar-refractivity contribution in [1.82, 2.24) is 10.2 Å². The summed E-state index contributed by atoms with van der Waals surface area (Å²) in [5.74, 6) is -1.28. The summed E-state index contributed by atoms with van der Waals surface area (Å²) >= 11 is 0. The van der Waals surface area contributed by atoms with Crippen LogP contribution in [0, 0.1) is 5.41 Å². The molecule has 1 aliphatic carbocycles. The zero-order valence-electron chi connectivity index (χ0n) is 19.8. The molecule has 2 aromatic rings. The van der Waals surface area contributed by atoms with E-state index in [2.05, 4.69) is 17.4 Å². The standard InChI is InChI=1S/C27H30N2O6/c1-2-26(24(31)32)11-13-29(16-26)23(30)27(12-14-34-17-27)28-25(33)35-15-22-20-9-5-3-7-18(20)19-8-4-6-10-21(19)22/h3-10,22H,2,11-17H2,1H3,(H,28,33)(H,31,32). The SMILES string of the molecule is CCC1(C(=O)O)CCN(C(=O)C2(NC(=O)OCC3c4ccccc4-c4ccccc43)CCOC2)C1. The number of rotatable bonds is 6. The molecule has 8 nitrogen and oxygen atoms in total. The van der Waals surface area contributed by atoms with Crippen molar-refractivity contribution in [2.75, 3.05) is 32.9 Å². The second-order valence-electron chi connectivity index (χ2n) is 9.75. The van der Waals surface area contributed by atoms with Gasteiger partial charge in [0.05, 0.1) is 12.0 Å². The molecule has 2 amide bonds. The summed E-state index contributed by atoms with van der Waals surface area (Å²) < 4.78 is 11.2. The van der Waals surface area contributed by atoms with Gasteiger partial charge in [-0.15, -0.1) is 0 Å². The molecule has 2 fully saturated rings. The number of carboxylic acid groups (broad SMARTS) is 1. The van der Waals surface area contributed by atoms with Gasteiger partial charge in [0, 0.05) is 32.0 Å². The van der Waals surface area contributed by atoms with Crippen LogP contribution >= 0.6 is 0 Å². The number of nitrogens with one attached hydrogen (secondary N) is 1. The van der Waals surface area contributed by atoms with E-state index in [0.29, 0.717) is 32.4 Å². The molecule has 2 aromatic carbocycles. The third-order valence-electron chi connectivity index (χ3n) is 7.89. The topological polar surface area (TPSA) is 105 Å². The number of benzene rings is 2. The zero-order chi connectivity index (χ0) is 24.6. The maximum absolute atomic E-state index is 13.5. The largest absolute Gasteiger partial charge is 0.481 e. The van der Waals surface area contributed by atoms with Gasteiger partial charge in [-0.1, -0.05) is 55.5 Å². The summed E-state index contributed by atoms with van der Waals surface area (Å²) in [5, 5.41) is 12.5. The third kappa shape index (κ3) is 3.95. The first kappa shape index (κ1) is 23.4. The lowest BCUT2D eigenvalue weighted by Gasteiger charge is -2.32. The van der Waals surface area contributed by atoms with Crippen molar-refractivity contribution < 1.29 is 29.0 Å². The maximum atomic E-state index is 13.5. The Hall–Kier alpha value is -3.39. The quantitative estimate of drug-likeness (QED) is 0.659. The number of nitrogens with zero attached hydrogens (tertiary/aromatic N) is 1. The Labute approximate surface area is 204 Å². The van der Waals surface area contributed by atoms with Gasteiger partial charge in [-0.2, -0.15) is 0 Å². The molecule has 0 spiro atoms. The Kier molecular flexibility index (Phi) is 6.01. The van der Waals surface area contributed by atoms with Gasteiger partial charge in [0.1, 0.15) is 12.1 Å². The molecule has 2 heterocycles. The first-order valence-electron chi connectivity index (χ1n) is 12.1. The van der Waals surface area contributed by atoms with Crippen LogP contribution in [0.5, 0.6) is 0 Å². The van der Waals surface area contributed by atoms with Crippen molar-refractivity contribution in [3.8, 4) is 11.1 Å². The second-order valence-corrected chi connectivity index (χ2v) is 9.75. The fourth-order valence-electron chi connectivity index (χ4n) is 5.68. The summed E-state index contributed by atoms with van der Waals surface area (Å²) in [6.07, 6.45) is 0.477. The number of hydrogen-bond acceptors (Lipinski definition) is 5. The number of fused-ring (bicyclic) bond motifs is 3. The van der Waals surface area contributed by atoms with E-state index >= 15 is 0 Å². The van der Waals surface area contributed by atoms with Crippen molar-refractivity contribution in [3.63, 3.8) is 0 Å². The number of amides is 2. The summed E-state index contributed by atoms with van der Waals surface area (Å²) in [4.78, 5) is 39.8. The molecule has 2 atom stereocenters. The summed E-state index contributed by atoms with van der Waals surface area (Å²) in [6.45, 7) is 2.82. The lowest BCUT2D eigenvalue weighted by molar-refractivity contribution is -0.149. The van der Waals surface area contributed by atoms with Crippen LogP contribution in [0.15, 0.2) is 48.5 Å². The fourth-order valence-corrected chi connectivity index (χ4v) is 5.68. The summed E-state index contributed by atoms with van der Waals surface area (Å²) in [5.41, 5.74) is 2.31. The molecule has 0 bridgehead atoms. The Morgan fingerprint density at radius 2 is 1.74 bits per heavy atom. The molecule has 2 N–H and O–H groups in total. The Balaban J connectivity index is 1.28. The molecule has 2 saturated heterocycles. The average molecular weight is 479 g/mol. The number of aliphatic carboxylic acids is 1. The van der Waals surface area contributed by atoms with E-state index in [1.807, 2.05) is 43.3 Å². The third-order valence-corrected chi connectivity index (χ3v) is 7.89. The van der Waals surface area contributed by atoms with Crippen molar-refractivity contribution >= 4 is 18.0 Å². The van der Waals surface area contributed by atoms with Crippen molar-refractivity contribution in [1.29, 1.82) is 0 Å². The highest BCUT2D eigenvalue weighted by Gasteiger charge is 2.52. The second kappa shape index (κ2) is 9.00. The van der Waals surface area contributed by atoms with Gasteiger partial charge in [0.2, 0.25) is 0 Å². The zero-order valence-corrected chi connectivity index (χ0v) is 19.8. The first-order chi connectivity index (χ1) is 16.9. The molecule has 35 heavy (non-hydrogen) atoms. The first-order valence-corrected chi connectivity index (χ1v) is 12.1. The average Bonchev–Trinajstić information content (AvgIpc) is 3.59. The number of carbonyl (C=O) groups excluding carboxylic acids is 2. The molecule has 2 aliphatic heterocycles. The highest BCUT2D eigenvalue weighted by atomic mass is 16.6. The van der Waals surface area contributed by atoms with E-state index in [1.165, 1.54) is 0 Å². The van der Waals surface area contributed by atoms with Crippen LogP contribution in [0.25, 0.3) is 11.1 Å². The van der Waals surface area contributed by atoms with E-state index in [-0.39, 0.29) is 31.6 Å².